The van der Waals surface area contributed by atoms with E-state index in [1.54, 1.807) is 20.4 Å². The van der Waals surface area contributed by atoms with Gasteiger partial charge in [-0.05, 0) is 24.3 Å². The molecule has 0 bridgehead atoms. The van der Waals surface area contributed by atoms with E-state index in [-0.39, 0.29) is 0 Å². The van der Waals surface area contributed by atoms with Crippen LogP contribution in [-0.4, -0.2) is 48.8 Å². The first-order chi connectivity index (χ1) is 14.7. The number of methoxy groups -OCH3 is 2. The summed E-state index contributed by atoms with van der Waals surface area (Å²) in [6, 6.07) is 18.0. The van der Waals surface area contributed by atoms with Gasteiger partial charge in [0.2, 0.25) is 5.95 Å². The van der Waals surface area contributed by atoms with Crippen LogP contribution in [0.15, 0.2) is 67.0 Å². The number of nitrogens with zero attached hydrogens (tertiary/aromatic N) is 4. The van der Waals surface area contributed by atoms with Crippen molar-refractivity contribution < 1.29 is 9.47 Å². The molecule has 0 aliphatic rings. The van der Waals surface area contributed by atoms with Crippen LogP contribution in [0, 0.1) is 0 Å². The topological polar surface area (TPSA) is 63.9 Å². The first-order valence-corrected chi connectivity index (χ1v) is 9.74. The summed E-state index contributed by atoms with van der Waals surface area (Å²) in [4.78, 5) is 11.4. The minimum atomic E-state index is 0.647. The van der Waals surface area contributed by atoms with Crippen molar-refractivity contribution in [3.8, 4) is 17.0 Å². The van der Waals surface area contributed by atoms with E-state index in [0.29, 0.717) is 12.6 Å². The highest BCUT2D eigenvalue weighted by atomic mass is 16.5. The Hall–Kier alpha value is -3.58. The molecule has 0 aliphatic heterocycles. The number of anilines is 3. The van der Waals surface area contributed by atoms with E-state index in [1.807, 2.05) is 66.2 Å². The van der Waals surface area contributed by atoms with E-state index >= 15 is 0 Å². The van der Waals surface area contributed by atoms with E-state index in [2.05, 4.69) is 21.3 Å². The van der Waals surface area contributed by atoms with Crippen LogP contribution in [0.2, 0.25) is 0 Å². The van der Waals surface area contributed by atoms with Gasteiger partial charge in [-0.15, -0.1) is 0 Å². The standard InChI is InChI=1S/C23H25N5O2/c1-27(13-14-29-2)20-10-9-17(15-21(20)30-3)19-16-22-24-11-12-28(22)23(26-19)25-18-7-5-4-6-8-18/h4-12,15-16H,13-14H2,1-3H3,(H,25,26). The van der Waals surface area contributed by atoms with Gasteiger partial charge in [-0.3, -0.25) is 4.40 Å². The van der Waals surface area contributed by atoms with Gasteiger partial charge in [0.15, 0.2) is 0 Å². The van der Waals surface area contributed by atoms with Crippen LogP contribution < -0.4 is 15.0 Å². The number of ether oxygens (including phenoxy) is 2. The van der Waals surface area contributed by atoms with E-state index in [4.69, 9.17) is 14.5 Å². The number of nitrogens with one attached hydrogen (secondary N) is 1. The quantitative estimate of drug-likeness (QED) is 0.475. The van der Waals surface area contributed by atoms with Gasteiger partial charge in [0, 0.05) is 50.4 Å². The third-order valence-corrected chi connectivity index (χ3v) is 4.94. The van der Waals surface area contributed by atoms with Crippen LogP contribution in [0.5, 0.6) is 5.75 Å². The van der Waals surface area contributed by atoms with Gasteiger partial charge < -0.3 is 19.7 Å². The fourth-order valence-electron chi connectivity index (χ4n) is 3.31. The molecule has 0 saturated heterocycles. The zero-order valence-corrected chi connectivity index (χ0v) is 17.4. The molecule has 0 radical (unpaired) electrons. The van der Waals surface area contributed by atoms with Gasteiger partial charge in [-0.25, -0.2) is 9.97 Å². The Kier molecular flexibility index (Phi) is 5.81. The van der Waals surface area contributed by atoms with Crippen LogP contribution in [-0.2, 0) is 4.74 Å². The van der Waals surface area contributed by atoms with Crippen molar-refractivity contribution in [3.05, 3.63) is 67.0 Å². The average Bonchev–Trinajstić information content (AvgIpc) is 3.27. The molecule has 2 heterocycles. The molecule has 0 saturated carbocycles. The van der Waals surface area contributed by atoms with Crippen LogP contribution in [0.1, 0.15) is 0 Å². The Bertz CT molecular complexity index is 1130. The average molecular weight is 403 g/mol. The lowest BCUT2D eigenvalue weighted by Crippen LogP contribution is -2.22. The van der Waals surface area contributed by atoms with Gasteiger partial charge in [-0.1, -0.05) is 24.3 Å². The van der Waals surface area contributed by atoms with Gasteiger partial charge in [0.05, 0.1) is 25.1 Å². The predicted molar refractivity (Wildman–Crippen MR) is 120 cm³/mol. The lowest BCUT2D eigenvalue weighted by Gasteiger charge is -2.22. The molecular weight excluding hydrogens is 378 g/mol. The second-order valence-electron chi connectivity index (χ2n) is 6.91. The van der Waals surface area contributed by atoms with E-state index in [1.165, 1.54) is 0 Å². The zero-order chi connectivity index (χ0) is 20.9. The van der Waals surface area contributed by atoms with Gasteiger partial charge in [-0.2, -0.15) is 0 Å². The summed E-state index contributed by atoms with van der Waals surface area (Å²) < 4.78 is 12.8. The van der Waals surface area contributed by atoms with Crippen LogP contribution in [0.3, 0.4) is 0 Å². The summed E-state index contributed by atoms with van der Waals surface area (Å²) in [6.45, 7) is 1.42. The molecule has 2 aromatic heterocycles. The van der Waals surface area contributed by atoms with Crippen molar-refractivity contribution in [1.82, 2.24) is 14.4 Å². The lowest BCUT2D eigenvalue weighted by atomic mass is 10.1. The Balaban J connectivity index is 1.72. The highest BCUT2D eigenvalue weighted by Crippen LogP contribution is 2.33. The number of likely N-dealkylation sites (N-methyl/N-ethyl adjacent to an activating group) is 1. The van der Waals surface area contributed by atoms with E-state index in [9.17, 15) is 0 Å². The predicted octanol–water partition coefficient (Wildman–Crippen LogP) is 4.23. The number of para-hydroxylation sites is 1. The maximum atomic E-state index is 5.66. The summed E-state index contributed by atoms with van der Waals surface area (Å²) in [5, 5.41) is 3.38. The Morgan fingerprint density at radius 2 is 1.90 bits per heavy atom. The molecule has 2 aromatic carbocycles. The molecule has 7 nitrogen and oxygen atoms in total. The zero-order valence-electron chi connectivity index (χ0n) is 17.4. The molecule has 0 spiro atoms. The summed E-state index contributed by atoms with van der Waals surface area (Å²) in [5.74, 6) is 1.49. The number of fused-ring (bicyclic) bond motifs is 1. The Labute approximate surface area is 175 Å². The first kappa shape index (κ1) is 19.7. The van der Waals surface area contributed by atoms with Crippen molar-refractivity contribution in [3.63, 3.8) is 0 Å². The summed E-state index contributed by atoms with van der Waals surface area (Å²) in [6.07, 6.45) is 3.66. The number of benzene rings is 2. The van der Waals surface area contributed by atoms with Gasteiger partial charge >= 0.3 is 0 Å². The molecule has 154 valence electrons. The first-order valence-electron chi connectivity index (χ1n) is 9.74. The summed E-state index contributed by atoms with van der Waals surface area (Å²) in [5.41, 5.74) is 4.56. The maximum Gasteiger partial charge on any atom is 0.213 e. The number of rotatable bonds is 8. The van der Waals surface area contributed by atoms with E-state index in [0.717, 1.165) is 40.6 Å². The number of aromatic nitrogens is 3. The molecule has 0 amide bonds. The third-order valence-electron chi connectivity index (χ3n) is 4.94. The monoisotopic (exact) mass is 403 g/mol. The highest BCUT2D eigenvalue weighted by molar-refractivity contribution is 5.73. The smallest absolute Gasteiger partial charge is 0.213 e. The SMILES string of the molecule is COCCN(C)c1ccc(-c2cc3nccn3c(Nc3ccccc3)n2)cc1OC. The lowest BCUT2D eigenvalue weighted by molar-refractivity contribution is 0.206. The second kappa shape index (κ2) is 8.84. The number of imidazole rings is 1. The molecule has 30 heavy (non-hydrogen) atoms. The number of hydrogen-bond donors (Lipinski definition) is 1. The van der Waals surface area contributed by atoms with Crippen molar-refractivity contribution >= 4 is 23.0 Å². The maximum absolute atomic E-state index is 5.66. The summed E-state index contributed by atoms with van der Waals surface area (Å²) >= 11 is 0. The highest BCUT2D eigenvalue weighted by Gasteiger charge is 2.13. The molecule has 0 atom stereocenters. The largest absolute Gasteiger partial charge is 0.495 e. The van der Waals surface area contributed by atoms with Gasteiger partial charge in [0.1, 0.15) is 11.4 Å². The molecule has 0 aliphatic carbocycles. The molecule has 0 unspecified atom stereocenters. The van der Waals surface area contributed by atoms with E-state index < -0.39 is 0 Å². The van der Waals surface area contributed by atoms with Crippen molar-refractivity contribution in [2.75, 3.05) is 44.6 Å². The van der Waals surface area contributed by atoms with Crippen LogP contribution in [0.25, 0.3) is 16.9 Å². The molecule has 0 fully saturated rings. The Morgan fingerprint density at radius 1 is 1.07 bits per heavy atom. The number of hydrogen-bond acceptors (Lipinski definition) is 6. The third kappa shape index (κ3) is 4.06. The van der Waals surface area contributed by atoms with Crippen LogP contribution in [0.4, 0.5) is 17.3 Å². The Morgan fingerprint density at radius 3 is 2.67 bits per heavy atom. The fraction of sp³-hybridized carbons (Fsp3) is 0.217. The normalized spacial score (nSPS) is 10.9. The minimum absolute atomic E-state index is 0.647. The van der Waals surface area contributed by atoms with Crippen LogP contribution >= 0.6 is 0 Å². The molecule has 4 rings (SSSR count). The molecule has 1 N–H and O–H groups in total. The molecular formula is C23H25N5O2. The van der Waals surface area contributed by atoms with Crippen molar-refractivity contribution in [2.24, 2.45) is 0 Å². The second-order valence-corrected chi connectivity index (χ2v) is 6.91. The minimum Gasteiger partial charge on any atom is -0.495 e. The molecule has 7 heteroatoms. The van der Waals surface area contributed by atoms with Crippen molar-refractivity contribution in [2.45, 2.75) is 0 Å². The fourth-order valence-corrected chi connectivity index (χ4v) is 3.31. The van der Waals surface area contributed by atoms with Crippen molar-refractivity contribution in [1.29, 1.82) is 0 Å². The molecule has 4 aromatic rings. The summed E-state index contributed by atoms with van der Waals surface area (Å²) in [7, 11) is 5.40. The van der Waals surface area contributed by atoms with Gasteiger partial charge in [0.25, 0.3) is 0 Å².